The van der Waals surface area contributed by atoms with E-state index in [2.05, 4.69) is 6.58 Å². The van der Waals surface area contributed by atoms with Crippen molar-refractivity contribution >= 4 is 35.4 Å². The van der Waals surface area contributed by atoms with E-state index in [4.69, 9.17) is 9.68 Å². The quantitative estimate of drug-likeness (QED) is 0.355. The molecule has 0 radical (unpaired) electrons. The molecule has 0 spiro atoms. The highest BCUT2D eigenvalue weighted by Gasteiger charge is 2.34. The molecule has 0 aromatic rings. The zero-order valence-electron chi connectivity index (χ0n) is 17.9. The number of Topliss-reactive ketones (excluding diaryl/α,β-unsaturated/α-hetero) is 1. The topological polar surface area (TPSA) is 127 Å². The Morgan fingerprint density at radius 1 is 0.871 bits per heavy atom. The van der Waals surface area contributed by atoms with E-state index in [0.717, 1.165) is 5.06 Å². The first-order valence-corrected chi connectivity index (χ1v) is 10.4. The number of nitrogens with zero attached hydrogens (tertiary/aromatic N) is 2. The summed E-state index contributed by atoms with van der Waals surface area (Å²) < 4.78 is 0. The summed E-state index contributed by atoms with van der Waals surface area (Å²) in [6.07, 6.45) is 1.52. The van der Waals surface area contributed by atoms with Crippen molar-refractivity contribution in [2.45, 2.75) is 71.6 Å². The van der Waals surface area contributed by atoms with E-state index >= 15 is 0 Å². The van der Waals surface area contributed by atoms with Crippen molar-refractivity contribution in [1.29, 1.82) is 0 Å². The van der Waals surface area contributed by atoms with Crippen molar-refractivity contribution in [1.82, 2.24) is 10.1 Å². The predicted molar refractivity (Wildman–Crippen MR) is 105 cm³/mol. The van der Waals surface area contributed by atoms with E-state index in [1.54, 1.807) is 13.8 Å². The second kappa shape index (κ2) is 10.8. The lowest BCUT2D eigenvalue weighted by Crippen LogP contribution is -2.33. The molecule has 0 aliphatic carbocycles. The monoisotopic (exact) mass is 436 g/mol. The molecular formula is C21H28N2O8. The zero-order valence-corrected chi connectivity index (χ0v) is 17.9. The lowest BCUT2D eigenvalue weighted by molar-refractivity contribution is -0.197. The van der Waals surface area contributed by atoms with Gasteiger partial charge >= 0.3 is 11.9 Å². The van der Waals surface area contributed by atoms with Gasteiger partial charge in [0, 0.05) is 38.5 Å². The molecule has 0 N–H and O–H groups in total. The highest BCUT2D eigenvalue weighted by atomic mass is 16.7. The summed E-state index contributed by atoms with van der Waals surface area (Å²) in [4.78, 5) is 81.1. The van der Waals surface area contributed by atoms with Gasteiger partial charge < -0.3 is 9.68 Å². The molecule has 0 unspecified atom stereocenters. The highest BCUT2D eigenvalue weighted by Crippen LogP contribution is 2.25. The third-order valence-electron chi connectivity index (χ3n) is 5.16. The van der Waals surface area contributed by atoms with Crippen LogP contribution >= 0.6 is 0 Å². The Morgan fingerprint density at radius 3 is 1.97 bits per heavy atom. The second-order valence-electron chi connectivity index (χ2n) is 8.01. The predicted octanol–water partition coefficient (Wildman–Crippen LogP) is 1.98. The van der Waals surface area contributed by atoms with Gasteiger partial charge in [0.1, 0.15) is 5.78 Å². The molecule has 10 heteroatoms. The number of rotatable bonds is 11. The molecule has 0 bridgehead atoms. The minimum atomic E-state index is -0.713. The molecule has 2 saturated heterocycles. The molecule has 3 amide bonds. The maximum absolute atomic E-state index is 12.5. The van der Waals surface area contributed by atoms with Crippen LogP contribution in [0.3, 0.4) is 0 Å². The fourth-order valence-corrected chi connectivity index (χ4v) is 3.24. The SMILES string of the molecule is C=C1CCC(=O)N1OC(=O)[C@@H](CC(=O)CCCCC(=O)ON1C(=O)CCC1=O)C(C)C. The molecule has 170 valence electrons. The molecule has 2 fully saturated rings. The van der Waals surface area contributed by atoms with Crippen LogP contribution in [-0.4, -0.2) is 45.6 Å². The van der Waals surface area contributed by atoms with Gasteiger partial charge in [-0.25, -0.2) is 9.59 Å². The van der Waals surface area contributed by atoms with Gasteiger partial charge in [-0.05, 0) is 25.2 Å². The Balaban J connectivity index is 1.72. The van der Waals surface area contributed by atoms with E-state index in [1.165, 1.54) is 0 Å². The summed E-state index contributed by atoms with van der Waals surface area (Å²) in [5.74, 6) is -3.83. The number of hydrogen-bond donors (Lipinski definition) is 0. The maximum Gasteiger partial charge on any atom is 0.336 e. The average Bonchev–Trinajstić information content (AvgIpc) is 3.19. The van der Waals surface area contributed by atoms with Crippen LogP contribution in [0, 0.1) is 11.8 Å². The van der Waals surface area contributed by atoms with Crippen LogP contribution in [0.5, 0.6) is 0 Å². The van der Waals surface area contributed by atoms with E-state index in [1.807, 2.05) is 0 Å². The first-order chi connectivity index (χ1) is 14.6. The molecule has 2 aliphatic heterocycles. The Kier molecular flexibility index (Phi) is 8.47. The van der Waals surface area contributed by atoms with Gasteiger partial charge in [0.2, 0.25) is 0 Å². The van der Waals surface area contributed by atoms with Crippen LogP contribution in [0.25, 0.3) is 0 Å². The van der Waals surface area contributed by atoms with Crippen LogP contribution in [0.1, 0.15) is 71.6 Å². The average molecular weight is 436 g/mol. The number of unbranched alkanes of at least 4 members (excludes halogenated alkanes) is 1. The molecular weight excluding hydrogens is 408 g/mol. The first kappa shape index (κ1) is 24.2. The number of ketones is 1. The number of amides is 3. The normalized spacial score (nSPS) is 17.5. The van der Waals surface area contributed by atoms with Crippen molar-refractivity contribution in [3.63, 3.8) is 0 Å². The van der Waals surface area contributed by atoms with Crippen molar-refractivity contribution in [2.24, 2.45) is 11.8 Å². The lowest BCUT2D eigenvalue weighted by Gasteiger charge is -2.22. The molecule has 1 atom stereocenters. The second-order valence-corrected chi connectivity index (χ2v) is 8.01. The van der Waals surface area contributed by atoms with Crippen molar-refractivity contribution in [3.8, 4) is 0 Å². The first-order valence-electron chi connectivity index (χ1n) is 10.4. The van der Waals surface area contributed by atoms with Crippen LogP contribution in [-0.2, 0) is 38.4 Å². The Labute approximate surface area is 180 Å². The molecule has 10 nitrogen and oxygen atoms in total. The van der Waals surface area contributed by atoms with Crippen molar-refractivity contribution in [3.05, 3.63) is 12.3 Å². The summed E-state index contributed by atoms with van der Waals surface area (Å²) in [6, 6.07) is 0. The zero-order chi connectivity index (χ0) is 23.1. The molecule has 0 saturated carbocycles. The smallest absolute Gasteiger partial charge is 0.333 e. The van der Waals surface area contributed by atoms with E-state index in [0.29, 0.717) is 30.0 Å². The third-order valence-corrected chi connectivity index (χ3v) is 5.16. The van der Waals surface area contributed by atoms with Crippen LogP contribution in [0.2, 0.25) is 0 Å². The van der Waals surface area contributed by atoms with Gasteiger partial charge in [-0.15, -0.1) is 10.1 Å². The van der Waals surface area contributed by atoms with E-state index in [-0.39, 0.29) is 56.1 Å². The molecule has 2 heterocycles. The number of imide groups is 1. The number of carbonyl (C=O) groups excluding carboxylic acids is 6. The number of hydroxylamine groups is 4. The van der Waals surface area contributed by atoms with Gasteiger partial charge in [-0.2, -0.15) is 0 Å². The summed E-state index contributed by atoms with van der Waals surface area (Å²) in [6.45, 7) is 7.27. The summed E-state index contributed by atoms with van der Waals surface area (Å²) in [5.41, 5.74) is 0.413. The van der Waals surface area contributed by atoms with Gasteiger partial charge in [0.25, 0.3) is 17.7 Å². The molecule has 2 aliphatic rings. The minimum absolute atomic E-state index is 0.0279. The van der Waals surface area contributed by atoms with Gasteiger partial charge in [0.05, 0.1) is 11.6 Å². The summed E-state index contributed by atoms with van der Waals surface area (Å²) >= 11 is 0. The van der Waals surface area contributed by atoms with Gasteiger partial charge in [-0.3, -0.25) is 19.2 Å². The molecule has 0 aromatic heterocycles. The maximum atomic E-state index is 12.5. The number of hydrogen-bond acceptors (Lipinski definition) is 8. The van der Waals surface area contributed by atoms with E-state index < -0.39 is 29.7 Å². The Hall–Kier alpha value is -3.04. The lowest BCUT2D eigenvalue weighted by atomic mass is 9.89. The fraction of sp³-hybridized carbons (Fsp3) is 0.619. The third kappa shape index (κ3) is 6.73. The molecule has 31 heavy (non-hydrogen) atoms. The highest BCUT2D eigenvalue weighted by molar-refractivity contribution is 6.01. The van der Waals surface area contributed by atoms with E-state index in [9.17, 15) is 28.8 Å². The number of allylic oxidation sites excluding steroid dienone is 1. The fourth-order valence-electron chi connectivity index (χ4n) is 3.24. The standard InChI is InChI=1S/C21H28N2O8/c1-13(2)16(21(29)31-22-14(3)8-9-17(22)25)12-15(24)6-4-5-7-20(28)30-23-18(26)10-11-19(23)27/h13,16H,3-12H2,1-2H3/t16-/m0/s1. The number of carbonyl (C=O) groups is 6. The van der Waals surface area contributed by atoms with Crippen molar-refractivity contribution < 1.29 is 38.4 Å². The minimum Gasteiger partial charge on any atom is -0.333 e. The van der Waals surface area contributed by atoms with Gasteiger partial charge in [-0.1, -0.05) is 20.4 Å². The summed E-state index contributed by atoms with van der Waals surface area (Å²) in [5, 5.41) is 1.40. The molecule has 0 aromatic carbocycles. The Morgan fingerprint density at radius 2 is 1.42 bits per heavy atom. The van der Waals surface area contributed by atoms with Crippen LogP contribution in [0.4, 0.5) is 0 Å². The molecule has 2 rings (SSSR count). The largest absolute Gasteiger partial charge is 0.336 e. The van der Waals surface area contributed by atoms with Gasteiger partial charge in [0.15, 0.2) is 0 Å². The summed E-state index contributed by atoms with van der Waals surface area (Å²) in [7, 11) is 0. The van der Waals surface area contributed by atoms with Crippen molar-refractivity contribution in [2.75, 3.05) is 0 Å². The van der Waals surface area contributed by atoms with Crippen LogP contribution in [0.15, 0.2) is 12.3 Å². The Bertz CT molecular complexity index is 756. The van der Waals surface area contributed by atoms with Crippen LogP contribution < -0.4 is 0 Å².